The average molecular weight is 358 g/mol. The molecule has 0 aromatic heterocycles. The molecule has 1 aliphatic carbocycles. The van der Waals surface area contributed by atoms with E-state index in [0.29, 0.717) is 5.75 Å². The molecule has 2 fully saturated rings. The Kier molecular flexibility index (Phi) is 5.30. The van der Waals surface area contributed by atoms with Gasteiger partial charge in [-0.1, -0.05) is 30.5 Å². The molecule has 6 heteroatoms. The third-order valence-corrected chi connectivity index (χ3v) is 5.46. The molecule has 1 N–H and O–H groups in total. The van der Waals surface area contributed by atoms with Crippen LogP contribution in [-0.4, -0.2) is 36.3 Å². The standard InChI is InChI=1S/C20H26N2O4/c1-12-8-9-17(26-3)16(10-12)13(2)21-18(23)11-22-19(24)14-6-4-5-7-15(14)20(22)25/h8-10,13-15H,4-7,11H2,1-3H3,(H,21,23)/t13-,14-,15+/m1/s1. The lowest BCUT2D eigenvalue weighted by molar-refractivity contribution is -0.143. The molecule has 1 aliphatic heterocycles. The predicted molar refractivity (Wildman–Crippen MR) is 96.5 cm³/mol. The first kappa shape index (κ1) is 18.4. The van der Waals surface area contributed by atoms with Gasteiger partial charge in [-0.15, -0.1) is 0 Å². The molecule has 1 aromatic carbocycles. The van der Waals surface area contributed by atoms with Crippen molar-refractivity contribution in [3.8, 4) is 5.75 Å². The number of ether oxygens (including phenoxy) is 1. The van der Waals surface area contributed by atoms with Gasteiger partial charge in [-0.2, -0.15) is 0 Å². The second kappa shape index (κ2) is 7.48. The fourth-order valence-electron chi connectivity index (χ4n) is 4.09. The van der Waals surface area contributed by atoms with Crippen molar-refractivity contribution in [2.45, 2.75) is 45.6 Å². The minimum Gasteiger partial charge on any atom is -0.496 e. The third kappa shape index (κ3) is 3.45. The number of aryl methyl sites for hydroxylation is 1. The van der Waals surface area contributed by atoms with Crippen LogP contribution in [0.1, 0.15) is 49.8 Å². The van der Waals surface area contributed by atoms with Crippen LogP contribution in [0.25, 0.3) is 0 Å². The van der Waals surface area contributed by atoms with Gasteiger partial charge in [0.2, 0.25) is 17.7 Å². The van der Waals surface area contributed by atoms with Crippen LogP contribution in [0, 0.1) is 18.8 Å². The van der Waals surface area contributed by atoms with Gasteiger partial charge in [-0.25, -0.2) is 0 Å². The van der Waals surface area contributed by atoms with Crippen LogP contribution in [0.4, 0.5) is 0 Å². The molecular weight excluding hydrogens is 332 g/mol. The molecule has 2 aliphatic rings. The Morgan fingerprint density at radius 1 is 1.23 bits per heavy atom. The van der Waals surface area contributed by atoms with E-state index in [4.69, 9.17) is 4.74 Å². The van der Waals surface area contributed by atoms with Gasteiger partial charge in [-0.3, -0.25) is 19.3 Å². The third-order valence-electron chi connectivity index (χ3n) is 5.46. The summed E-state index contributed by atoms with van der Waals surface area (Å²) in [7, 11) is 1.59. The monoisotopic (exact) mass is 358 g/mol. The van der Waals surface area contributed by atoms with E-state index in [1.807, 2.05) is 32.0 Å². The highest BCUT2D eigenvalue weighted by Gasteiger charge is 2.48. The Hall–Kier alpha value is -2.37. The molecule has 1 aromatic rings. The first-order valence-electron chi connectivity index (χ1n) is 9.21. The number of hydrogen-bond donors (Lipinski definition) is 1. The van der Waals surface area contributed by atoms with E-state index in [9.17, 15) is 14.4 Å². The maximum Gasteiger partial charge on any atom is 0.240 e. The number of fused-ring (bicyclic) bond motifs is 1. The van der Waals surface area contributed by atoms with Crippen molar-refractivity contribution in [3.63, 3.8) is 0 Å². The zero-order valence-electron chi connectivity index (χ0n) is 15.6. The van der Waals surface area contributed by atoms with Gasteiger partial charge < -0.3 is 10.1 Å². The molecule has 140 valence electrons. The number of carbonyl (C=O) groups is 3. The minimum atomic E-state index is -0.332. The molecule has 1 saturated carbocycles. The highest BCUT2D eigenvalue weighted by Crippen LogP contribution is 2.37. The number of hydrogen-bond acceptors (Lipinski definition) is 4. The van der Waals surface area contributed by atoms with Gasteiger partial charge in [0, 0.05) is 5.56 Å². The van der Waals surface area contributed by atoms with Gasteiger partial charge in [0.05, 0.1) is 25.0 Å². The van der Waals surface area contributed by atoms with E-state index in [1.54, 1.807) is 7.11 Å². The Bertz CT molecular complexity index is 707. The Morgan fingerprint density at radius 3 is 2.42 bits per heavy atom. The van der Waals surface area contributed by atoms with Crippen molar-refractivity contribution in [3.05, 3.63) is 29.3 Å². The van der Waals surface area contributed by atoms with Crippen LogP contribution in [0.2, 0.25) is 0 Å². The van der Waals surface area contributed by atoms with Gasteiger partial charge in [0.15, 0.2) is 0 Å². The van der Waals surface area contributed by atoms with Crippen molar-refractivity contribution in [2.75, 3.05) is 13.7 Å². The second-order valence-electron chi connectivity index (χ2n) is 7.29. The lowest BCUT2D eigenvalue weighted by Gasteiger charge is -2.20. The van der Waals surface area contributed by atoms with Crippen molar-refractivity contribution >= 4 is 17.7 Å². The van der Waals surface area contributed by atoms with Crippen LogP contribution in [0.5, 0.6) is 5.75 Å². The van der Waals surface area contributed by atoms with E-state index < -0.39 is 0 Å². The quantitative estimate of drug-likeness (QED) is 0.820. The van der Waals surface area contributed by atoms with E-state index in [-0.39, 0.29) is 42.1 Å². The van der Waals surface area contributed by atoms with Crippen LogP contribution in [0.3, 0.4) is 0 Å². The van der Waals surface area contributed by atoms with Crippen LogP contribution >= 0.6 is 0 Å². The normalized spacial score (nSPS) is 23.6. The molecular formula is C20H26N2O4. The Balaban J connectivity index is 1.66. The van der Waals surface area contributed by atoms with Crippen molar-refractivity contribution in [1.29, 1.82) is 0 Å². The zero-order valence-corrected chi connectivity index (χ0v) is 15.6. The molecule has 0 bridgehead atoms. The van der Waals surface area contributed by atoms with Crippen molar-refractivity contribution in [2.24, 2.45) is 11.8 Å². The topological polar surface area (TPSA) is 75.7 Å². The molecule has 6 nitrogen and oxygen atoms in total. The lowest BCUT2D eigenvalue weighted by Crippen LogP contribution is -2.41. The molecule has 0 spiro atoms. The van der Waals surface area contributed by atoms with Gasteiger partial charge >= 0.3 is 0 Å². The number of likely N-dealkylation sites (tertiary alicyclic amines) is 1. The summed E-state index contributed by atoms with van der Waals surface area (Å²) in [5.74, 6) is -0.452. The molecule has 1 heterocycles. The largest absolute Gasteiger partial charge is 0.496 e. The average Bonchev–Trinajstić information content (AvgIpc) is 2.87. The molecule has 3 rings (SSSR count). The summed E-state index contributed by atoms with van der Waals surface area (Å²) in [6.45, 7) is 3.63. The zero-order chi connectivity index (χ0) is 18.8. The van der Waals surface area contributed by atoms with E-state index >= 15 is 0 Å². The van der Waals surface area contributed by atoms with E-state index in [1.165, 1.54) is 0 Å². The summed E-state index contributed by atoms with van der Waals surface area (Å²) < 4.78 is 5.36. The summed E-state index contributed by atoms with van der Waals surface area (Å²) in [6, 6.07) is 5.49. The Morgan fingerprint density at radius 2 is 1.85 bits per heavy atom. The maximum atomic E-state index is 12.5. The molecule has 3 amide bonds. The summed E-state index contributed by atoms with van der Waals surface area (Å²) in [6.07, 6.45) is 3.46. The van der Waals surface area contributed by atoms with Crippen molar-refractivity contribution in [1.82, 2.24) is 10.2 Å². The lowest BCUT2D eigenvalue weighted by atomic mass is 9.81. The number of methoxy groups -OCH3 is 1. The number of rotatable bonds is 5. The Labute approximate surface area is 153 Å². The van der Waals surface area contributed by atoms with Crippen LogP contribution < -0.4 is 10.1 Å². The number of nitrogens with zero attached hydrogens (tertiary/aromatic N) is 1. The second-order valence-corrected chi connectivity index (χ2v) is 7.29. The summed E-state index contributed by atoms with van der Waals surface area (Å²) in [5.41, 5.74) is 1.93. The molecule has 3 atom stereocenters. The first-order valence-corrected chi connectivity index (χ1v) is 9.21. The molecule has 0 radical (unpaired) electrons. The van der Waals surface area contributed by atoms with Crippen LogP contribution in [-0.2, 0) is 14.4 Å². The molecule has 0 unspecified atom stereocenters. The first-order chi connectivity index (χ1) is 12.4. The SMILES string of the molecule is COc1ccc(C)cc1[C@@H](C)NC(=O)CN1C(=O)[C@H]2CCCC[C@H]2C1=O. The van der Waals surface area contributed by atoms with Gasteiger partial charge in [0.1, 0.15) is 12.3 Å². The number of imide groups is 1. The predicted octanol–water partition coefficient (Wildman–Crippen LogP) is 2.36. The maximum absolute atomic E-state index is 12.5. The highest BCUT2D eigenvalue weighted by atomic mass is 16.5. The van der Waals surface area contributed by atoms with Gasteiger partial charge in [0.25, 0.3) is 0 Å². The number of nitrogens with one attached hydrogen (secondary N) is 1. The summed E-state index contributed by atoms with van der Waals surface area (Å²) in [5, 5.41) is 2.88. The number of benzene rings is 1. The summed E-state index contributed by atoms with van der Waals surface area (Å²) >= 11 is 0. The molecule has 26 heavy (non-hydrogen) atoms. The van der Waals surface area contributed by atoms with Crippen LogP contribution in [0.15, 0.2) is 18.2 Å². The fourth-order valence-corrected chi connectivity index (χ4v) is 4.09. The number of carbonyl (C=O) groups excluding carboxylic acids is 3. The smallest absolute Gasteiger partial charge is 0.240 e. The fraction of sp³-hybridized carbons (Fsp3) is 0.550. The molecule has 1 saturated heterocycles. The van der Waals surface area contributed by atoms with E-state index in [2.05, 4.69) is 5.32 Å². The van der Waals surface area contributed by atoms with Gasteiger partial charge in [-0.05, 0) is 32.8 Å². The minimum absolute atomic E-state index is 0.185. The van der Waals surface area contributed by atoms with Crippen molar-refractivity contribution < 1.29 is 19.1 Å². The number of amides is 3. The van der Waals surface area contributed by atoms with E-state index in [0.717, 1.165) is 41.7 Å². The highest BCUT2D eigenvalue weighted by molar-refractivity contribution is 6.07. The summed E-state index contributed by atoms with van der Waals surface area (Å²) in [4.78, 5) is 38.6.